The van der Waals surface area contributed by atoms with Gasteiger partial charge >= 0.3 is 0 Å². The van der Waals surface area contributed by atoms with Gasteiger partial charge in [-0.3, -0.25) is 4.98 Å². The molecule has 0 amide bonds. The van der Waals surface area contributed by atoms with E-state index >= 15 is 0 Å². The third-order valence-electron chi connectivity index (χ3n) is 2.69. The summed E-state index contributed by atoms with van der Waals surface area (Å²) in [7, 11) is 3.49. The first kappa shape index (κ1) is 14.5. The third-order valence-corrected chi connectivity index (χ3v) is 2.69. The van der Waals surface area contributed by atoms with Crippen molar-refractivity contribution in [1.29, 1.82) is 0 Å². The van der Waals surface area contributed by atoms with E-state index in [0.29, 0.717) is 25.5 Å². The summed E-state index contributed by atoms with van der Waals surface area (Å²) in [6, 6.07) is 5.67. The number of aryl methyl sites for hydroxylation is 1. The lowest BCUT2D eigenvalue weighted by Gasteiger charge is -2.10. The molecule has 20 heavy (non-hydrogen) atoms. The van der Waals surface area contributed by atoms with Crippen molar-refractivity contribution in [3.63, 3.8) is 0 Å². The van der Waals surface area contributed by atoms with Crippen LogP contribution in [0.15, 0.2) is 22.7 Å². The second kappa shape index (κ2) is 7.02. The number of nitrogens with one attached hydrogen (secondary N) is 1. The van der Waals surface area contributed by atoms with E-state index in [2.05, 4.69) is 15.5 Å². The molecule has 0 fully saturated rings. The quantitative estimate of drug-likeness (QED) is 0.832. The van der Waals surface area contributed by atoms with Gasteiger partial charge in [-0.05, 0) is 26.1 Å². The zero-order valence-electron chi connectivity index (χ0n) is 12.0. The van der Waals surface area contributed by atoms with Crippen molar-refractivity contribution >= 4 is 0 Å². The lowest BCUT2D eigenvalue weighted by atomic mass is 10.3. The molecular weight excluding hydrogens is 258 g/mol. The summed E-state index contributed by atoms with van der Waals surface area (Å²) in [5.41, 5.74) is 2.58. The number of pyridine rings is 1. The first-order valence-corrected chi connectivity index (χ1v) is 6.40. The Labute approximate surface area is 118 Å². The normalized spacial score (nSPS) is 10.8. The summed E-state index contributed by atoms with van der Waals surface area (Å²) in [6.45, 7) is 3.36. The van der Waals surface area contributed by atoms with E-state index in [4.69, 9.17) is 14.0 Å². The second-order valence-corrected chi connectivity index (χ2v) is 4.43. The molecule has 108 valence electrons. The van der Waals surface area contributed by atoms with Gasteiger partial charge in [0, 0.05) is 25.4 Å². The standard InChI is InChI=1S/C14H19N3O3/c1-10-4-5-14(13(16-10)7-15-2)19-8-11-6-12(9-18-3)20-17-11/h4-6,15H,7-9H2,1-3H3. The number of ether oxygens (including phenoxy) is 2. The maximum Gasteiger partial charge on any atom is 0.162 e. The third kappa shape index (κ3) is 3.79. The monoisotopic (exact) mass is 277 g/mol. The Bertz CT molecular complexity index is 554. The van der Waals surface area contributed by atoms with Crippen LogP contribution >= 0.6 is 0 Å². The minimum Gasteiger partial charge on any atom is -0.485 e. The fourth-order valence-electron chi connectivity index (χ4n) is 1.81. The summed E-state index contributed by atoms with van der Waals surface area (Å²) < 4.78 is 15.8. The van der Waals surface area contributed by atoms with Gasteiger partial charge in [0.15, 0.2) is 5.76 Å². The Kier molecular flexibility index (Phi) is 5.09. The van der Waals surface area contributed by atoms with E-state index in [1.807, 2.05) is 32.2 Å². The van der Waals surface area contributed by atoms with Crippen LogP contribution in [0.1, 0.15) is 22.8 Å². The van der Waals surface area contributed by atoms with Gasteiger partial charge in [-0.25, -0.2) is 0 Å². The fraction of sp³-hybridized carbons (Fsp3) is 0.429. The van der Waals surface area contributed by atoms with Gasteiger partial charge in [-0.2, -0.15) is 0 Å². The molecule has 0 aromatic carbocycles. The van der Waals surface area contributed by atoms with Crippen LogP contribution in [0.5, 0.6) is 5.75 Å². The highest BCUT2D eigenvalue weighted by molar-refractivity contribution is 5.29. The van der Waals surface area contributed by atoms with Crippen molar-refractivity contribution in [2.75, 3.05) is 14.2 Å². The largest absolute Gasteiger partial charge is 0.485 e. The number of hydrogen-bond donors (Lipinski definition) is 1. The molecule has 0 saturated carbocycles. The Morgan fingerprint density at radius 1 is 1.30 bits per heavy atom. The molecule has 2 heterocycles. The Morgan fingerprint density at radius 2 is 2.15 bits per heavy atom. The van der Waals surface area contributed by atoms with Crippen LogP contribution in [0.2, 0.25) is 0 Å². The molecule has 6 nitrogen and oxygen atoms in total. The molecule has 0 aliphatic heterocycles. The molecule has 2 aromatic rings. The molecule has 6 heteroatoms. The predicted molar refractivity (Wildman–Crippen MR) is 73.3 cm³/mol. The van der Waals surface area contributed by atoms with E-state index in [0.717, 1.165) is 22.8 Å². The van der Waals surface area contributed by atoms with Gasteiger partial charge in [0.25, 0.3) is 0 Å². The molecule has 0 bridgehead atoms. The van der Waals surface area contributed by atoms with Crippen LogP contribution in [0.3, 0.4) is 0 Å². The van der Waals surface area contributed by atoms with Gasteiger partial charge in [0.05, 0.1) is 5.69 Å². The number of nitrogens with zero attached hydrogens (tertiary/aromatic N) is 2. The van der Waals surface area contributed by atoms with Crippen molar-refractivity contribution in [2.45, 2.75) is 26.7 Å². The van der Waals surface area contributed by atoms with Gasteiger partial charge in [0.2, 0.25) is 0 Å². The molecule has 2 rings (SSSR count). The molecule has 0 aliphatic rings. The number of aromatic nitrogens is 2. The number of rotatable bonds is 7. The van der Waals surface area contributed by atoms with Crippen LogP contribution in [-0.2, 0) is 24.5 Å². The van der Waals surface area contributed by atoms with Crippen molar-refractivity contribution in [2.24, 2.45) is 0 Å². The molecule has 0 aliphatic carbocycles. The zero-order chi connectivity index (χ0) is 14.4. The molecular formula is C14H19N3O3. The van der Waals surface area contributed by atoms with Crippen molar-refractivity contribution < 1.29 is 14.0 Å². The lowest BCUT2D eigenvalue weighted by Crippen LogP contribution is -2.10. The summed E-state index contributed by atoms with van der Waals surface area (Å²) in [5.74, 6) is 1.44. The minimum atomic E-state index is 0.342. The highest BCUT2D eigenvalue weighted by atomic mass is 16.5. The van der Waals surface area contributed by atoms with Gasteiger partial charge < -0.3 is 19.3 Å². The van der Waals surface area contributed by atoms with E-state index in [-0.39, 0.29) is 0 Å². The molecule has 1 N–H and O–H groups in total. The van der Waals surface area contributed by atoms with Crippen LogP contribution < -0.4 is 10.1 Å². The van der Waals surface area contributed by atoms with Crippen LogP contribution in [-0.4, -0.2) is 24.3 Å². The highest BCUT2D eigenvalue weighted by Gasteiger charge is 2.08. The van der Waals surface area contributed by atoms with Crippen LogP contribution in [0.4, 0.5) is 0 Å². The molecule has 0 saturated heterocycles. The maximum atomic E-state index is 5.76. The summed E-state index contributed by atoms with van der Waals surface area (Å²) >= 11 is 0. The fourth-order valence-corrected chi connectivity index (χ4v) is 1.81. The second-order valence-electron chi connectivity index (χ2n) is 4.43. The smallest absolute Gasteiger partial charge is 0.162 e. The van der Waals surface area contributed by atoms with Crippen LogP contribution in [0, 0.1) is 6.92 Å². The van der Waals surface area contributed by atoms with Crippen molar-refractivity contribution in [3.05, 3.63) is 41.0 Å². The number of methoxy groups -OCH3 is 1. The molecule has 0 atom stereocenters. The first-order valence-electron chi connectivity index (χ1n) is 6.40. The van der Waals surface area contributed by atoms with Gasteiger partial charge in [0.1, 0.15) is 24.7 Å². The molecule has 0 radical (unpaired) electrons. The SMILES string of the molecule is CNCc1nc(C)ccc1OCc1cc(COC)on1. The van der Waals surface area contributed by atoms with E-state index < -0.39 is 0 Å². The molecule has 0 unspecified atom stereocenters. The number of hydrogen-bond acceptors (Lipinski definition) is 6. The zero-order valence-corrected chi connectivity index (χ0v) is 12.0. The predicted octanol–water partition coefficient (Wildman–Crippen LogP) is 1.82. The molecule has 0 spiro atoms. The Hall–Kier alpha value is -1.92. The maximum absolute atomic E-state index is 5.76. The lowest BCUT2D eigenvalue weighted by molar-refractivity contribution is 0.155. The summed E-state index contributed by atoms with van der Waals surface area (Å²) in [4.78, 5) is 4.46. The van der Waals surface area contributed by atoms with Crippen molar-refractivity contribution in [1.82, 2.24) is 15.5 Å². The van der Waals surface area contributed by atoms with E-state index in [1.165, 1.54) is 0 Å². The Morgan fingerprint density at radius 3 is 2.90 bits per heavy atom. The topological polar surface area (TPSA) is 69.4 Å². The summed E-state index contributed by atoms with van der Waals surface area (Å²) in [6.07, 6.45) is 0. The van der Waals surface area contributed by atoms with Crippen LogP contribution in [0.25, 0.3) is 0 Å². The molecule has 2 aromatic heterocycles. The summed E-state index contributed by atoms with van der Waals surface area (Å²) in [5, 5.41) is 7.00. The minimum absolute atomic E-state index is 0.342. The first-order chi connectivity index (χ1) is 9.72. The van der Waals surface area contributed by atoms with E-state index in [9.17, 15) is 0 Å². The van der Waals surface area contributed by atoms with Crippen molar-refractivity contribution in [3.8, 4) is 5.75 Å². The average molecular weight is 277 g/mol. The van der Waals surface area contributed by atoms with Gasteiger partial charge in [-0.15, -0.1) is 0 Å². The average Bonchev–Trinajstić information content (AvgIpc) is 2.86. The van der Waals surface area contributed by atoms with E-state index in [1.54, 1.807) is 7.11 Å². The van der Waals surface area contributed by atoms with Gasteiger partial charge in [-0.1, -0.05) is 5.16 Å². The highest BCUT2D eigenvalue weighted by Crippen LogP contribution is 2.18. The Balaban J connectivity index is 2.02.